The zero-order valence-electron chi connectivity index (χ0n) is 19.5. The Labute approximate surface area is 188 Å². The number of rotatable bonds is 4. The third-order valence-corrected chi connectivity index (χ3v) is 16.9. The standard InChI is InChI=1S/C13H26O2Si2.C11H16OSi/c1-12-7-6-10-17(3,15-12)13(2)11-16-9-5-4-8-14-16;1-10-6-2-3-7-11(10)13-9-5-4-8-12-13/h12,16H,2,4-11H2,1,3H3;2-3,6-7,13H,4-5,8-9H2,1H3. The van der Waals surface area contributed by atoms with E-state index in [1.54, 1.807) is 0 Å². The third kappa shape index (κ3) is 7.00. The highest BCUT2D eigenvalue weighted by Crippen LogP contribution is 2.34. The summed E-state index contributed by atoms with van der Waals surface area (Å²) in [6.45, 7) is 13.1. The first-order chi connectivity index (χ1) is 14.5. The Morgan fingerprint density at radius 2 is 1.80 bits per heavy atom. The predicted molar refractivity (Wildman–Crippen MR) is 135 cm³/mol. The summed E-state index contributed by atoms with van der Waals surface area (Å²) in [4.78, 5) is 0. The minimum atomic E-state index is -1.63. The van der Waals surface area contributed by atoms with E-state index in [4.69, 9.17) is 13.3 Å². The first-order valence-electron chi connectivity index (χ1n) is 12.1. The van der Waals surface area contributed by atoms with Gasteiger partial charge in [-0.2, -0.15) is 0 Å². The first-order valence-corrected chi connectivity index (χ1v) is 18.7. The molecule has 0 saturated carbocycles. The average Bonchev–Trinajstić information content (AvgIpc) is 2.76. The van der Waals surface area contributed by atoms with E-state index in [1.165, 1.54) is 78.6 Å². The number of aryl methyl sites for hydroxylation is 1. The molecule has 0 aliphatic carbocycles. The molecule has 3 fully saturated rings. The van der Waals surface area contributed by atoms with E-state index in [2.05, 4.69) is 51.2 Å². The van der Waals surface area contributed by atoms with E-state index in [1.807, 2.05) is 0 Å². The van der Waals surface area contributed by atoms with Crippen LogP contribution in [0.4, 0.5) is 0 Å². The highest BCUT2D eigenvalue weighted by atomic mass is 28.4. The van der Waals surface area contributed by atoms with Crippen LogP contribution in [0.5, 0.6) is 0 Å². The van der Waals surface area contributed by atoms with Gasteiger partial charge in [0.2, 0.25) is 17.4 Å². The van der Waals surface area contributed by atoms with Gasteiger partial charge in [-0.1, -0.05) is 48.7 Å². The van der Waals surface area contributed by atoms with Crippen LogP contribution >= 0.6 is 0 Å². The van der Waals surface area contributed by atoms with E-state index in [0.29, 0.717) is 6.10 Å². The van der Waals surface area contributed by atoms with Crippen LogP contribution in [-0.2, 0) is 13.3 Å². The molecule has 6 heteroatoms. The minimum absolute atomic E-state index is 0.450. The van der Waals surface area contributed by atoms with Gasteiger partial charge in [-0.15, -0.1) is 6.58 Å². The van der Waals surface area contributed by atoms with Crippen molar-refractivity contribution >= 4 is 31.6 Å². The normalized spacial score (nSPS) is 32.0. The Hall–Kier alpha value is -0.509. The van der Waals surface area contributed by atoms with Gasteiger partial charge in [0.05, 0.1) is 0 Å². The van der Waals surface area contributed by atoms with Gasteiger partial charge < -0.3 is 13.3 Å². The van der Waals surface area contributed by atoms with Crippen LogP contribution in [0.1, 0.15) is 51.0 Å². The number of benzene rings is 1. The molecular formula is C24H42O3Si3. The van der Waals surface area contributed by atoms with Crippen LogP contribution < -0.4 is 5.19 Å². The van der Waals surface area contributed by atoms with Gasteiger partial charge in [0.15, 0.2) is 9.04 Å². The van der Waals surface area contributed by atoms with Crippen molar-refractivity contribution < 1.29 is 13.3 Å². The van der Waals surface area contributed by atoms with Crippen LogP contribution in [0.15, 0.2) is 36.0 Å². The SMILES string of the molecule is C=C(C[SiH]1CCCCO1)[Si]1(C)CCCC(C)O1.Cc1ccccc1[SiH]1CCCCO1. The van der Waals surface area contributed by atoms with Gasteiger partial charge in [0.25, 0.3) is 0 Å². The molecule has 3 heterocycles. The van der Waals surface area contributed by atoms with Crippen LogP contribution in [0, 0.1) is 6.92 Å². The van der Waals surface area contributed by atoms with E-state index >= 15 is 0 Å². The number of hydrogen-bond acceptors (Lipinski definition) is 3. The van der Waals surface area contributed by atoms with Gasteiger partial charge >= 0.3 is 0 Å². The van der Waals surface area contributed by atoms with E-state index < -0.39 is 26.4 Å². The van der Waals surface area contributed by atoms with Gasteiger partial charge in [0.1, 0.15) is 0 Å². The Morgan fingerprint density at radius 3 is 2.43 bits per heavy atom. The van der Waals surface area contributed by atoms with Crippen molar-refractivity contribution in [2.75, 3.05) is 13.2 Å². The van der Waals surface area contributed by atoms with Crippen LogP contribution in [0.2, 0.25) is 30.7 Å². The van der Waals surface area contributed by atoms with Crippen molar-refractivity contribution in [1.82, 2.24) is 0 Å². The van der Waals surface area contributed by atoms with Crippen molar-refractivity contribution in [3.8, 4) is 0 Å². The highest BCUT2D eigenvalue weighted by molar-refractivity contribution is 6.81. The summed E-state index contributed by atoms with van der Waals surface area (Å²) < 4.78 is 18.1. The molecule has 168 valence electrons. The first kappa shape index (κ1) is 24.1. The van der Waals surface area contributed by atoms with Crippen molar-refractivity contribution in [3.63, 3.8) is 0 Å². The lowest BCUT2D eigenvalue weighted by molar-refractivity contribution is 0.180. The average molecular weight is 463 g/mol. The lowest BCUT2D eigenvalue weighted by atomic mass is 10.2. The molecular weight excluding hydrogens is 421 g/mol. The molecule has 3 saturated heterocycles. The molecule has 30 heavy (non-hydrogen) atoms. The molecule has 4 rings (SSSR count). The van der Waals surface area contributed by atoms with E-state index in [-0.39, 0.29) is 0 Å². The summed E-state index contributed by atoms with van der Waals surface area (Å²) in [6, 6.07) is 13.8. The third-order valence-electron chi connectivity index (χ3n) is 6.94. The van der Waals surface area contributed by atoms with Gasteiger partial charge in [0, 0.05) is 19.3 Å². The molecule has 3 aliphatic heterocycles. The molecule has 0 radical (unpaired) electrons. The second kappa shape index (κ2) is 11.9. The monoisotopic (exact) mass is 462 g/mol. The Balaban J connectivity index is 0.000000177. The molecule has 0 spiro atoms. The fourth-order valence-corrected chi connectivity index (χ4v) is 14.9. The molecule has 3 nitrogen and oxygen atoms in total. The molecule has 0 amide bonds. The maximum absolute atomic E-state index is 6.28. The van der Waals surface area contributed by atoms with Gasteiger partial charge in [-0.25, -0.2) is 0 Å². The fraction of sp³-hybridized carbons (Fsp3) is 0.667. The van der Waals surface area contributed by atoms with E-state index in [9.17, 15) is 0 Å². The Kier molecular flexibility index (Phi) is 9.60. The molecule has 4 unspecified atom stereocenters. The topological polar surface area (TPSA) is 27.7 Å². The van der Waals surface area contributed by atoms with Crippen LogP contribution in [0.3, 0.4) is 0 Å². The summed E-state index contributed by atoms with van der Waals surface area (Å²) >= 11 is 0. The number of allylic oxidation sites excluding steroid dienone is 1. The van der Waals surface area contributed by atoms with Gasteiger partial charge in [-0.05, 0) is 74.6 Å². The zero-order chi connectivity index (χ0) is 21.4. The quantitative estimate of drug-likeness (QED) is 0.581. The van der Waals surface area contributed by atoms with Crippen molar-refractivity contribution in [2.45, 2.75) is 89.2 Å². The van der Waals surface area contributed by atoms with Crippen LogP contribution in [-0.4, -0.2) is 45.7 Å². The predicted octanol–water partition coefficient (Wildman–Crippen LogP) is 5.13. The molecule has 3 aliphatic rings. The Morgan fingerprint density at radius 1 is 1.07 bits per heavy atom. The smallest absolute Gasteiger partial charge is 0.216 e. The summed E-state index contributed by atoms with van der Waals surface area (Å²) in [6.07, 6.45) is 8.27. The second-order valence-corrected chi connectivity index (χ2v) is 18.5. The summed E-state index contributed by atoms with van der Waals surface area (Å²) in [5.74, 6) is 0. The molecule has 4 atom stereocenters. The van der Waals surface area contributed by atoms with Crippen molar-refractivity contribution in [1.29, 1.82) is 0 Å². The maximum Gasteiger partial charge on any atom is 0.216 e. The maximum atomic E-state index is 6.28. The molecule has 0 bridgehead atoms. The second-order valence-electron chi connectivity index (χ2n) is 9.56. The summed E-state index contributed by atoms with van der Waals surface area (Å²) in [5, 5.41) is 2.95. The van der Waals surface area contributed by atoms with Crippen molar-refractivity contribution in [2.24, 2.45) is 0 Å². The summed E-state index contributed by atoms with van der Waals surface area (Å²) in [7, 11) is -3.61. The molecule has 0 aromatic heterocycles. The lowest BCUT2D eigenvalue weighted by Crippen LogP contribution is -2.44. The largest absolute Gasteiger partial charge is 0.420 e. The molecule has 1 aromatic carbocycles. The van der Waals surface area contributed by atoms with Gasteiger partial charge in [-0.3, -0.25) is 0 Å². The summed E-state index contributed by atoms with van der Waals surface area (Å²) in [5.41, 5.74) is 1.42. The molecule has 1 aromatic rings. The lowest BCUT2D eigenvalue weighted by Gasteiger charge is -2.38. The Bertz CT molecular complexity index is 671. The van der Waals surface area contributed by atoms with E-state index in [0.717, 1.165) is 13.2 Å². The minimum Gasteiger partial charge on any atom is -0.420 e. The fourth-order valence-electron chi connectivity index (χ4n) is 4.94. The zero-order valence-corrected chi connectivity index (χ0v) is 22.8. The highest BCUT2D eigenvalue weighted by Gasteiger charge is 2.38. The molecule has 0 N–H and O–H groups in total. The van der Waals surface area contributed by atoms with Crippen molar-refractivity contribution in [3.05, 3.63) is 41.6 Å². The number of hydrogen-bond donors (Lipinski definition) is 0. The van der Waals surface area contributed by atoms with Crippen LogP contribution in [0.25, 0.3) is 0 Å².